The van der Waals surface area contributed by atoms with Crippen molar-refractivity contribution in [1.82, 2.24) is 9.97 Å². The summed E-state index contributed by atoms with van der Waals surface area (Å²) in [5, 5.41) is 3.29. The van der Waals surface area contributed by atoms with Crippen LogP contribution in [0.15, 0.2) is 36.5 Å². The molecule has 3 rings (SSSR count). The largest absolute Gasteiger partial charge is 0.378 e. The van der Waals surface area contributed by atoms with Crippen molar-refractivity contribution in [2.24, 2.45) is 0 Å². The Morgan fingerprint density at radius 3 is 2.62 bits per heavy atom. The molecule has 1 fully saturated rings. The monoisotopic (exact) mass is 328 g/mol. The Balaban J connectivity index is 1.56. The minimum atomic E-state index is 0.650. The van der Waals surface area contributed by atoms with E-state index < -0.39 is 0 Å². The third-order valence-corrected chi connectivity index (χ3v) is 3.92. The number of benzene rings is 1. The number of ether oxygens (including phenoxy) is 2. The average Bonchev–Trinajstić information content (AvgIpc) is 2.66. The zero-order valence-corrected chi connectivity index (χ0v) is 14.1. The molecule has 0 saturated carbocycles. The van der Waals surface area contributed by atoms with Gasteiger partial charge in [-0.2, -0.15) is 4.98 Å². The summed E-state index contributed by atoms with van der Waals surface area (Å²) in [5.41, 5.74) is 2.38. The molecule has 1 aromatic carbocycles. The SMILES string of the molecule is CCOCc1ccc(CNc2nccc(N3CCOCC3)n2)cc1. The Labute approximate surface area is 142 Å². The lowest BCUT2D eigenvalue weighted by atomic mass is 10.1. The summed E-state index contributed by atoms with van der Waals surface area (Å²) in [6, 6.07) is 10.3. The molecule has 2 heterocycles. The lowest BCUT2D eigenvalue weighted by Gasteiger charge is -2.27. The Morgan fingerprint density at radius 1 is 1.12 bits per heavy atom. The van der Waals surface area contributed by atoms with E-state index in [1.54, 1.807) is 6.20 Å². The molecule has 2 aromatic rings. The van der Waals surface area contributed by atoms with Crippen LogP contribution in [0.5, 0.6) is 0 Å². The molecule has 0 spiro atoms. The number of anilines is 2. The molecule has 6 nitrogen and oxygen atoms in total. The van der Waals surface area contributed by atoms with Gasteiger partial charge in [0.1, 0.15) is 5.82 Å². The third kappa shape index (κ3) is 4.66. The summed E-state index contributed by atoms with van der Waals surface area (Å²) < 4.78 is 10.8. The van der Waals surface area contributed by atoms with Crippen LogP contribution in [-0.2, 0) is 22.6 Å². The minimum absolute atomic E-state index is 0.650. The molecule has 1 aromatic heterocycles. The predicted octanol–water partition coefficient (Wildman–Crippen LogP) is 2.46. The number of hydrogen-bond donors (Lipinski definition) is 1. The molecule has 1 N–H and O–H groups in total. The highest BCUT2D eigenvalue weighted by atomic mass is 16.5. The normalized spacial score (nSPS) is 14.6. The van der Waals surface area contributed by atoms with Gasteiger partial charge >= 0.3 is 0 Å². The van der Waals surface area contributed by atoms with Gasteiger partial charge in [-0.1, -0.05) is 24.3 Å². The van der Waals surface area contributed by atoms with Crippen molar-refractivity contribution in [1.29, 1.82) is 0 Å². The second-order valence-electron chi connectivity index (χ2n) is 5.65. The number of aromatic nitrogens is 2. The summed E-state index contributed by atoms with van der Waals surface area (Å²) >= 11 is 0. The first-order chi connectivity index (χ1) is 11.8. The van der Waals surface area contributed by atoms with Crippen LogP contribution in [0, 0.1) is 0 Å². The predicted molar refractivity (Wildman–Crippen MR) is 94.2 cm³/mol. The smallest absolute Gasteiger partial charge is 0.224 e. The number of morpholine rings is 1. The third-order valence-electron chi connectivity index (χ3n) is 3.92. The molecule has 0 aliphatic carbocycles. The van der Waals surface area contributed by atoms with Gasteiger partial charge in [0.05, 0.1) is 19.8 Å². The number of nitrogens with zero attached hydrogens (tertiary/aromatic N) is 3. The molecule has 0 bridgehead atoms. The van der Waals surface area contributed by atoms with E-state index in [0.29, 0.717) is 19.1 Å². The van der Waals surface area contributed by atoms with E-state index in [4.69, 9.17) is 9.47 Å². The molecule has 1 saturated heterocycles. The maximum Gasteiger partial charge on any atom is 0.224 e. The molecule has 1 aliphatic rings. The first-order valence-electron chi connectivity index (χ1n) is 8.40. The number of nitrogens with one attached hydrogen (secondary N) is 1. The van der Waals surface area contributed by atoms with E-state index in [2.05, 4.69) is 44.5 Å². The summed E-state index contributed by atoms with van der Waals surface area (Å²) in [6.07, 6.45) is 1.80. The van der Waals surface area contributed by atoms with Crippen LogP contribution in [0.1, 0.15) is 18.1 Å². The van der Waals surface area contributed by atoms with E-state index in [1.165, 1.54) is 11.1 Å². The molecule has 6 heteroatoms. The number of hydrogen-bond acceptors (Lipinski definition) is 6. The van der Waals surface area contributed by atoms with E-state index in [9.17, 15) is 0 Å². The zero-order chi connectivity index (χ0) is 16.6. The fourth-order valence-electron chi connectivity index (χ4n) is 2.56. The van der Waals surface area contributed by atoms with Gasteiger partial charge in [0.2, 0.25) is 5.95 Å². The summed E-state index contributed by atoms with van der Waals surface area (Å²) in [6.45, 7) is 7.34. The highest BCUT2D eigenvalue weighted by Gasteiger charge is 2.12. The highest BCUT2D eigenvalue weighted by Crippen LogP contribution is 2.14. The highest BCUT2D eigenvalue weighted by molar-refractivity contribution is 5.43. The van der Waals surface area contributed by atoms with Crippen LogP contribution in [0.3, 0.4) is 0 Å². The van der Waals surface area contributed by atoms with Crippen LogP contribution in [0.4, 0.5) is 11.8 Å². The summed E-state index contributed by atoms with van der Waals surface area (Å²) in [7, 11) is 0. The van der Waals surface area contributed by atoms with E-state index >= 15 is 0 Å². The van der Waals surface area contributed by atoms with Crippen LogP contribution in [0.25, 0.3) is 0 Å². The fraction of sp³-hybridized carbons (Fsp3) is 0.444. The maximum atomic E-state index is 5.41. The molecule has 0 atom stereocenters. The lowest BCUT2D eigenvalue weighted by Crippen LogP contribution is -2.36. The number of rotatable bonds is 7. The zero-order valence-electron chi connectivity index (χ0n) is 14.1. The van der Waals surface area contributed by atoms with Gasteiger partial charge in [0.25, 0.3) is 0 Å². The van der Waals surface area contributed by atoms with Crippen molar-refractivity contribution < 1.29 is 9.47 Å². The van der Waals surface area contributed by atoms with Crippen molar-refractivity contribution in [2.75, 3.05) is 43.1 Å². The maximum absolute atomic E-state index is 5.41. The first kappa shape index (κ1) is 16.7. The van der Waals surface area contributed by atoms with Gasteiger partial charge < -0.3 is 19.7 Å². The Hall–Kier alpha value is -2.18. The molecular formula is C18H24N4O2. The molecular weight excluding hydrogens is 304 g/mol. The Bertz CT molecular complexity index is 627. The van der Waals surface area contributed by atoms with Crippen LogP contribution < -0.4 is 10.2 Å². The standard InChI is InChI=1S/C18H24N4O2/c1-2-23-14-16-5-3-15(4-6-16)13-20-18-19-8-7-17(21-18)22-9-11-24-12-10-22/h3-8H,2,9-14H2,1H3,(H,19,20,21). The van der Waals surface area contributed by atoms with Crippen LogP contribution in [0.2, 0.25) is 0 Å². The van der Waals surface area contributed by atoms with Gasteiger partial charge in [0, 0.05) is 32.4 Å². The fourth-order valence-corrected chi connectivity index (χ4v) is 2.56. The van der Waals surface area contributed by atoms with E-state index in [0.717, 1.165) is 38.7 Å². The molecule has 0 radical (unpaired) electrons. The van der Waals surface area contributed by atoms with Gasteiger partial charge in [-0.15, -0.1) is 0 Å². The van der Waals surface area contributed by atoms with Crippen molar-refractivity contribution in [3.63, 3.8) is 0 Å². The molecule has 24 heavy (non-hydrogen) atoms. The topological polar surface area (TPSA) is 59.5 Å². The Kier molecular flexibility index (Phi) is 5.98. The molecule has 1 aliphatic heterocycles. The average molecular weight is 328 g/mol. The molecule has 128 valence electrons. The molecule has 0 unspecified atom stereocenters. The minimum Gasteiger partial charge on any atom is -0.378 e. The van der Waals surface area contributed by atoms with Crippen LogP contribution in [-0.4, -0.2) is 42.9 Å². The quantitative estimate of drug-likeness (QED) is 0.842. The van der Waals surface area contributed by atoms with Crippen LogP contribution >= 0.6 is 0 Å². The van der Waals surface area contributed by atoms with Gasteiger partial charge in [0.15, 0.2) is 0 Å². The van der Waals surface area contributed by atoms with E-state index in [1.807, 2.05) is 13.0 Å². The van der Waals surface area contributed by atoms with Crippen molar-refractivity contribution in [2.45, 2.75) is 20.1 Å². The van der Waals surface area contributed by atoms with Crippen molar-refractivity contribution in [3.05, 3.63) is 47.7 Å². The first-order valence-corrected chi connectivity index (χ1v) is 8.40. The second kappa shape index (κ2) is 8.61. The molecule has 0 amide bonds. The van der Waals surface area contributed by atoms with Gasteiger partial charge in [-0.05, 0) is 24.1 Å². The van der Waals surface area contributed by atoms with Gasteiger partial charge in [-0.25, -0.2) is 4.98 Å². The lowest BCUT2D eigenvalue weighted by molar-refractivity contribution is 0.122. The van der Waals surface area contributed by atoms with Crippen molar-refractivity contribution >= 4 is 11.8 Å². The van der Waals surface area contributed by atoms with Gasteiger partial charge in [-0.3, -0.25) is 0 Å². The van der Waals surface area contributed by atoms with Crippen molar-refractivity contribution in [3.8, 4) is 0 Å². The summed E-state index contributed by atoms with van der Waals surface area (Å²) in [5.74, 6) is 1.60. The summed E-state index contributed by atoms with van der Waals surface area (Å²) in [4.78, 5) is 11.1. The Morgan fingerprint density at radius 2 is 1.88 bits per heavy atom. The van der Waals surface area contributed by atoms with E-state index in [-0.39, 0.29) is 0 Å². The second-order valence-corrected chi connectivity index (χ2v) is 5.65.